The molecule has 5 heteroatoms. The van der Waals surface area contributed by atoms with Crippen LogP contribution in [-0.4, -0.2) is 19.2 Å². The summed E-state index contributed by atoms with van der Waals surface area (Å²) in [7, 11) is 0. The van der Waals surface area contributed by atoms with Gasteiger partial charge in [-0.15, -0.1) is 11.3 Å². The first-order valence-electron chi connectivity index (χ1n) is 8.85. The number of hydrogen-bond acceptors (Lipinski definition) is 5. The highest BCUT2D eigenvalue weighted by atomic mass is 32.1. The maximum absolute atomic E-state index is 12.7. The van der Waals surface area contributed by atoms with Gasteiger partial charge in [-0.3, -0.25) is 9.59 Å². The molecule has 1 heterocycles. The van der Waals surface area contributed by atoms with Gasteiger partial charge in [0.1, 0.15) is 5.75 Å². The zero-order chi connectivity index (χ0) is 18.5. The van der Waals surface area contributed by atoms with E-state index in [1.807, 2.05) is 50.2 Å². The summed E-state index contributed by atoms with van der Waals surface area (Å²) in [5, 5.41) is 1.41. The molecule has 3 aromatic rings. The van der Waals surface area contributed by atoms with E-state index in [1.165, 1.54) is 0 Å². The van der Waals surface area contributed by atoms with Crippen molar-refractivity contribution in [3.63, 3.8) is 0 Å². The van der Waals surface area contributed by atoms with E-state index in [2.05, 4.69) is 0 Å². The number of esters is 1. The molecule has 0 amide bonds. The normalized spacial score (nSPS) is 12.2. The predicted octanol–water partition coefficient (Wildman–Crippen LogP) is 4.77. The molecule has 0 saturated heterocycles. The summed E-state index contributed by atoms with van der Waals surface area (Å²) in [6, 6.07) is 13.2. The van der Waals surface area contributed by atoms with E-state index in [4.69, 9.17) is 9.47 Å². The van der Waals surface area contributed by atoms with Crippen LogP contribution in [0.4, 0.5) is 0 Å². The highest BCUT2D eigenvalue weighted by Crippen LogP contribution is 2.27. The Labute approximate surface area is 156 Å². The Morgan fingerprint density at radius 3 is 2.65 bits per heavy atom. The summed E-state index contributed by atoms with van der Waals surface area (Å²) < 4.78 is 12.9. The van der Waals surface area contributed by atoms with Crippen molar-refractivity contribution in [3.05, 3.63) is 52.7 Å². The fraction of sp³-hybridized carbons (Fsp3) is 0.333. The van der Waals surface area contributed by atoms with E-state index < -0.39 is 0 Å². The van der Waals surface area contributed by atoms with E-state index in [9.17, 15) is 9.59 Å². The van der Waals surface area contributed by atoms with Crippen LogP contribution in [0.1, 0.15) is 26.7 Å². The lowest BCUT2D eigenvalue weighted by Gasteiger charge is -2.10. The first kappa shape index (κ1) is 18.4. The van der Waals surface area contributed by atoms with E-state index in [1.54, 1.807) is 17.4 Å². The van der Waals surface area contributed by atoms with Gasteiger partial charge in [-0.05, 0) is 36.8 Å². The van der Waals surface area contributed by atoms with E-state index in [0.29, 0.717) is 30.8 Å². The molecule has 26 heavy (non-hydrogen) atoms. The molecule has 0 fully saturated rings. The van der Waals surface area contributed by atoms with Gasteiger partial charge in [-0.25, -0.2) is 0 Å². The van der Waals surface area contributed by atoms with Crippen LogP contribution < -0.4 is 10.2 Å². The van der Waals surface area contributed by atoms with E-state index >= 15 is 0 Å². The third-order valence-corrected chi connectivity index (χ3v) is 5.52. The van der Waals surface area contributed by atoms with Crippen molar-refractivity contribution in [2.24, 2.45) is 5.92 Å². The van der Waals surface area contributed by atoms with Gasteiger partial charge in [0.25, 0.3) is 0 Å². The Balaban J connectivity index is 1.64. The molecule has 4 nitrogen and oxygen atoms in total. The molecule has 3 rings (SSSR count). The van der Waals surface area contributed by atoms with Gasteiger partial charge in [0.05, 0.1) is 19.1 Å². The van der Waals surface area contributed by atoms with Crippen molar-refractivity contribution in [1.29, 1.82) is 0 Å². The Morgan fingerprint density at radius 1 is 1.08 bits per heavy atom. The molecule has 0 aliphatic heterocycles. The summed E-state index contributed by atoms with van der Waals surface area (Å²) in [5.41, 5.74) is 0.0299. The summed E-state index contributed by atoms with van der Waals surface area (Å²) in [6.45, 7) is 4.60. The molecule has 0 saturated carbocycles. The first-order valence-corrected chi connectivity index (χ1v) is 9.67. The molecule has 0 spiro atoms. The van der Waals surface area contributed by atoms with Crippen LogP contribution in [0.15, 0.2) is 47.3 Å². The number of ether oxygens (including phenoxy) is 2. The average molecular weight is 370 g/mol. The van der Waals surface area contributed by atoms with Gasteiger partial charge in [-0.1, -0.05) is 26.0 Å². The van der Waals surface area contributed by atoms with Crippen LogP contribution in [0.3, 0.4) is 0 Å². The maximum Gasteiger partial charge on any atom is 0.308 e. The molecule has 0 aliphatic carbocycles. The third kappa shape index (κ3) is 4.05. The van der Waals surface area contributed by atoms with Gasteiger partial charge in [0, 0.05) is 26.6 Å². The molecular weight excluding hydrogens is 348 g/mol. The predicted molar refractivity (Wildman–Crippen MR) is 106 cm³/mol. The summed E-state index contributed by atoms with van der Waals surface area (Å²) in [4.78, 5) is 24.3. The average Bonchev–Trinajstić information content (AvgIpc) is 2.67. The molecule has 1 unspecified atom stereocenters. The molecule has 0 aliphatic rings. The van der Waals surface area contributed by atoms with Crippen LogP contribution >= 0.6 is 11.3 Å². The highest BCUT2D eigenvalue weighted by Gasteiger charge is 2.11. The molecule has 2 aromatic carbocycles. The van der Waals surface area contributed by atoms with Crippen molar-refractivity contribution in [3.8, 4) is 5.75 Å². The second kappa shape index (κ2) is 8.32. The Kier molecular flexibility index (Phi) is 5.89. The lowest BCUT2D eigenvalue weighted by Crippen LogP contribution is -2.15. The third-order valence-electron chi connectivity index (χ3n) is 4.36. The lowest BCUT2D eigenvalue weighted by molar-refractivity contribution is -0.148. The molecule has 136 valence electrons. The van der Waals surface area contributed by atoms with Crippen LogP contribution in [-0.2, 0) is 9.53 Å². The van der Waals surface area contributed by atoms with Crippen LogP contribution in [0, 0.1) is 5.92 Å². The van der Waals surface area contributed by atoms with Crippen LogP contribution in [0.5, 0.6) is 5.75 Å². The Morgan fingerprint density at radius 2 is 1.85 bits per heavy atom. The topological polar surface area (TPSA) is 52.6 Å². The fourth-order valence-corrected chi connectivity index (χ4v) is 3.65. The number of hydrogen-bond donors (Lipinski definition) is 0. The Hall–Kier alpha value is -2.40. The van der Waals surface area contributed by atoms with Gasteiger partial charge in [-0.2, -0.15) is 0 Å². The molecule has 0 bridgehead atoms. The van der Waals surface area contributed by atoms with E-state index in [0.717, 1.165) is 21.2 Å². The molecule has 0 N–H and O–H groups in total. The quantitative estimate of drug-likeness (QED) is 0.341. The molecule has 1 atom stereocenters. The van der Waals surface area contributed by atoms with Gasteiger partial charge in [0.2, 0.25) is 0 Å². The largest absolute Gasteiger partial charge is 0.493 e. The van der Waals surface area contributed by atoms with Crippen LogP contribution in [0.25, 0.3) is 20.2 Å². The van der Waals surface area contributed by atoms with Crippen LogP contribution in [0.2, 0.25) is 0 Å². The number of rotatable bonds is 7. The monoisotopic (exact) mass is 370 g/mol. The van der Waals surface area contributed by atoms with Crippen molar-refractivity contribution < 1.29 is 14.3 Å². The van der Waals surface area contributed by atoms with Crippen molar-refractivity contribution >= 4 is 37.5 Å². The highest BCUT2D eigenvalue weighted by molar-refractivity contribution is 7.24. The minimum Gasteiger partial charge on any atom is -0.493 e. The smallest absolute Gasteiger partial charge is 0.308 e. The van der Waals surface area contributed by atoms with E-state index in [-0.39, 0.29) is 17.3 Å². The van der Waals surface area contributed by atoms with Crippen molar-refractivity contribution in [2.75, 3.05) is 13.2 Å². The molecule has 1 aromatic heterocycles. The SMILES string of the molecule is CCC(C)C(=O)OCCCOc1ccc2sc3ccccc3c(=O)c2c1. The van der Waals surface area contributed by atoms with Gasteiger partial charge in [0.15, 0.2) is 5.43 Å². The standard InChI is InChI=1S/C21H22O4S/c1-3-14(2)21(23)25-12-6-11-24-15-9-10-19-17(13-15)20(22)16-7-4-5-8-18(16)26-19/h4-5,7-10,13-14H,3,6,11-12H2,1-2H3. The van der Waals surface area contributed by atoms with Crippen molar-refractivity contribution in [1.82, 2.24) is 0 Å². The number of fused-ring (bicyclic) bond motifs is 2. The maximum atomic E-state index is 12.7. The number of carbonyl (C=O) groups excluding carboxylic acids is 1. The molecular formula is C21H22O4S. The second-order valence-electron chi connectivity index (χ2n) is 6.26. The number of benzene rings is 2. The molecule has 0 radical (unpaired) electrons. The summed E-state index contributed by atoms with van der Waals surface area (Å²) >= 11 is 1.60. The summed E-state index contributed by atoms with van der Waals surface area (Å²) in [6.07, 6.45) is 1.39. The zero-order valence-electron chi connectivity index (χ0n) is 15.0. The zero-order valence-corrected chi connectivity index (χ0v) is 15.8. The Bertz CT molecular complexity index is 977. The van der Waals surface area contributed by atoms with Gasteiger partial charge >= 0.3 is 5.97 Å². The second-order valence-corrected chi connectivity index (χ2v) is 7.35. The van der Waals surface area contributed by atoms with Crippen molar-refractivity contribution in [2.45, 2.75) is 26.7 Å². The van der Waals surface area contributed by atoms with Gasteiger partial charge < -0.3 is 9.47 Å². The lowest BCUT2D eigenvalue weighted by atomic mass is 10.1. The fourth-order valence-electron chi connectivity index (χ4n) is 2.60. The summed E-state index contributed by atoms with van der Waals surface area (Å²) in [5.74, 6) is 0.427. The number of carbonyl (C=O) groups is 1. The first-order chi connectivity index (χ1) is 12.6. The minimum atomic E-state index is -0.164. The minimum absolute atomic E-state index is 0.0299.